The summed E-state index contributed by atoms with van der Waals surface area (Å²) >= 11 is 0. The van der Waals surface area contributed by atoms with Crippen molar-refractivity contribution in [1.82, 2.24) is 9.62 Å². The van der Waals surface area contributed by atoms with E-state index >= 15 is 0 Å². The van der Waals surface area contributed by atoms with Crippen LogP contribution >= 0.6 is 0 Å². The number of carbonyl (C=O) groups excluding carboxylic acids is 1. The Labute approximate surface area is 172 Å². The third-order valence-electron chi connectivity index (χ3n) is 5.41. The summed E-state index contributed by atoms with van der Waals surface area (Å²) in [4.78, 5) is 14.8. The molecule has 1 aliphatic heterocycles. The van der Waals surface area contributed by atoms with Crippen LogP contribution in [0.25, 0.3) is 11.1 Å². The van der Waals surface area contributed by atoms with Gasteiger partial charge in [0.25, 0.3) is 0 Å². The Kier molecular flexibility index (Phi) is 6.82. The zero-order valence-electron chi connectivity index (χ0n) is 16.8. The van der Waals surface area contributed by atoms with Crippen molar-refractivity contribution in [2.24, 2.45) is 5.92 Å². The maximum absolute atomic E-state index is 14.6. The second-order valence-electron chi connectivity index (χ2n) is 7.79. The molecule has 0 aliphatic carbocycles. The van der Waals surface area contributed by atoms with E-state index in [1.807, 2.05) is 37.4 Å². The first kappa shape index (κ1) is 21.6. The molecular weight excluding hydrogens is 391 g/mol. The molecule has 0 spiro atoms. The maximum Gasteiger partial charge on any atom is 0.212 e. The molecule has 0 radical (unpaired) electrons. The van der Waals surface area contributed by atoms with Gasteiger partial charge >= 0.3 is 0 Å². The molecule has 7 heteroatoms. The number of nitrogens with zero attached hydrogens (tertiary/aromatic N) is 1. The molecule has 0 saturated carbocycles. The smallest absolute Gasteiger partial charge is 0.212 e. The Morgan fingerprint density at radius 1 is 1.14 bits per heavy atom. The van der Waals surface area contributed by atoms with E-state index in [-0.39, 0.29) is 17.2 Å². The number of likely N-dealkylation sites (tertiary alicyclic amines) is 1. The van der Waals surface area contributed by atoms with Crippen LogP contribution in [0.4, 0.5) is 4.39 Å². The Bertz CT molecular complexity index is 969. The second kappa shape index (κ2) is 9.15. The number of aryl methyl sites for hydroxylation is 1. The summed E-state index contributed by atoms with van der Waals surface area (Å²) in [5.74, 6) is -1.10. The fourth-order valence-corrected chi connectivity index (χ4v) is 5.06. The molecular formula is C22H27FN2O3S. The number of piperidine rings is 1. The molecule has 156 valence electrons. The van der Waals surface area contributed by atoms with Gasteiger partial charge in [0.1, 0.15) is 5.82 Å². The van der Waals surface area contributed by atoms with Crippen molar-refractivity contribution in [1.29, 1.82) is 0 Å². The van der Waals surface area contributed by atoms with Crippen LogP contribution in [0, 0.1) is 18.7 Å². The fraction of sp³-hybridized carbons (Fsp3) is 0.409. The van der Waals surface area contributed by atoms with Gasteiger partial charge in [-0.05, 0) is 74.6 Å². The Morgan fingerprint density at radius 3 is 2.45 bits per heavy atom. The van der Waals surface area contributed by atoms with Gasteiger partial charge in [0.05, 0.1) is 17.9 Å². The number of ketones is 1. The Morgan fingerprint density at radius 2 is 1.79 bits per heavy atom. The van der Waals surface area contributed by atoms with Gasteiger partial charge in [-0.2, -0.15) is 0 Å². The zero-order chi connectivity index (χ0) is 21.0. The normalized spacial score (nSPS) is 16.1. The number of hydrogen-bond acceptors (Lipinski definition) is 4. The molecule has 0 atom stereocenters. The van der Waals surface area contributed by atoms with Crippen molar-refractivity contribution in [3.05, 3.63) is 59.4 Å². The van der Waals surface area contributed by atoms with Crippen molar-refractivity contribution < 1.29 is 17.6 Å². The second-order valence-corrected chi connectivity index (χ2v) is 9.64. The molecule has 2 aromatic carbocycles. The van der Waals surface area contributed by atoms with Crippen LogP contribution in [0.1, 0.15) is 28.8 Å². The van der Waals surface area contributed by atoms with E-state index in [1.54, 1.807) is 13.0 Å². The maximum atomic E-state index is 14.6. The molecule has 1 N–H and O–H groups in total. The summed E-state index contributed by atoms with van der Waals surface area (Å²) in [5.41, 5.74) is 1.85. The zero-order valence-corrected chi connectivity index (χ0v) is 17.6. The number of nitrogens with one attached hydrogen (secondary N) is 1. The first-order valence-corrected chi connectivity index (χ1v) is 11.4. The van der Waals surface area contributed by atoms with Gasteiger partial charge in [-0.1, -0.05) is 30.3 Å². The summed E-state index contributed by atoms with van der Waals surface area (Å²) in [7, 11) is -1.58. The number of halogens is 1. The molecule has 0 bridgehead atoms. The van der Waals surface area contributed by atoms with Gasteiger partial charge in [0.2, 0.25) is 10.0 Å². The lowest BCUT2D eigenvalue weighted by Gasteiger charge is -2.28. The Balaban J connectivity index is 1.69. The van der Waals surface area contributed by atoms with Crippen molar-refractivity contribution in [2.75, 3.05) is 32.4 Å². The SMILES string of the molecule is Cc1cc(-c2ccccc2)cc(C(=O)CNS(=O)(=O)CC2CCN(C)CC2)c1F. The largest absolute Gasteiger partial charge is 0.306 e. The van der Waals surface area contributed by atoms with Gasteiger partial charge in [0.15, 0.2) is 5.78 Å². The van der Waals surface area contributed by atoms with Gasteiger partial charge in [-0.15, -0.1) is 0 Å². The minimum atomic E-state index is -3.60. The van der Waals surface area contributed by atoms with Crippen LogP contribution in [0.5, 0.6) is 0 Å². The number of hydrogen-bond donors (Lipinski definition) is 1. The summed E-state index contributed by atoms with van der Waals surface area (Å²) in [6, 6.07) is 12.6. The molecule has 3 rings (SSSR count). The van der Waals surface area contributed by atoms with Crippen LogP contribution < -0.4 is 4.72 Å². The third kappa shape index (κ3) is 5.72. The number of Topliss-reactive ketones (excluding diaryl/α,β-unsaturated/α-hetero) is 1. The summed E-state index contributed by atoms with van der Waals surface area (Å²) < 4.78 is 41.7. The lowest BCUT2D eigenvalue weighted by atomic mass is 9.98. The minimum Gasteiger partial charge on any atom is -0.306 e. The van der Waals surface area contributed by atoms with E-state index in [0.717, 1.165) is 37.1 Å². The summed E-state index contributed by atoms with van der Waals surface area (Å²) in [5, 5.41) is 0. The molecule has 1 fully saturated rings. The molecule has 5 nitrogen and oxygen atoms in total. The van der Waals surface area contributed by atoms with Crippen LogP contribution in [-0.4, -0.2) is 51.5 Å². The number of rotatable bonds is 7. The molecule has 2 aromatic rings. The first-order chi connectivity index (χ1) is 13.7. The van der Waals surface area contributed by atoms with E-state index < -0.39 is 28.2 Å². The predicted octanol–water partition coefficient (Wildman–Crippen LogP) is 3.25. The molecule has 0 unspecified atom stereocenters. The van der Waals surface area contributed by atoms with Gasteiger partial charge in [0, 0.05) is 0 Å². The molecule has 1 heterocycles. The standard InChI is InChI=1S/C22H27FN2O3S/c1-16-12-19(18-6-4-3-5-7-18)13-20(22(16)23)21(26)14-24-29(27,28)15-17-8-10-25(2)11-9-17/h3-7,12-13,17,24H,8-11,14-15H2,1-2H3. The van der Waals surface area contributed by atoms with E-state index in [0.29, 0.717) is 5.56 Å². The van der Waals surface area contributed by atoms with Gasteiger partial charge in [-0.3, -0.25) is 4.79 Å². The highest BCUT2D eigenvalue weighted by Gasteiger charge is 2.24. The summed E-state index contributed by atoms with van der Waals surface area (Å²) in [6.07, 6.45) is 1.64. The average molecular weight is 419 g/mol. The van der Waals surface area contributed by atoms with Crippen molar-refractivity contribution >= 4 is 15.8 Å². The number of carbonyl (C=O) groups is 1. The highest BCUT2D eigenvalue weighted by Crippen LogP contribution is 2.25. The molecule has 1 saturated heterocycles. The topological polar surface area (TPSA) is 66.5 Å². The third-order valence-corrected chi connectivity index (χ3v) is 6.90. The van der Waals surface area contributed by atoms with Crippen LogP contribution in [0.15, 0.2) is 42.5 Å². The monoisotopic (exact) mass is 418 g/mol. The van der Waals surface area contributed by atoms with E-state index in [9.17, 15) is 17.6 Å². The lowest BCUT2D eigenvalue weighted by Crippen LogP contribution is -2.38. The van der Waals surface area contributed by atoms with Crippen LogP contribution in [0.3, 0.4) is 0 Å². The van der Waals surface area contributed by atoms with Gasteiger partial charge < -0.3 is 4.90 Å². The van der Waals surface area contributed by atoms with Crippen molar-refractivity contribution in [3.63, 3.8) is 0 Å². The van der Waals surface area contributed by atoms with Crippen molar-refractivity contribution in [3.8, 4) is 11.1 Å². The lowest BCUT2D eigenvalue weighted by molar-refractivity contribution is 0.0993. The highest BCUT2D eigenvalue weighted by atomic mass is 32.2. The van der Waals surface area contributed by atoms with Crippen molar-refractivity contribution in [2.45, 2.75) is 19.8 Å². The van der Waals surface area contributed by atoms with E-state index in [1.165, 1.54) is 6.07 Å². The first-order valence-electron chi connectivity index (χ1n) is 9.80. The number of sulfonamides is 1. The quantitative estimate of drug-likeness (QED) is 0.701. The van der Waals surface area contributed by atoms with E-state index in [2.05, 4.69) is 9.62 Å². The van der Waals surface area contributed by atoms with Gasteiger partial charge in [-0.25, -0.2) is 17.5 Å². The minimum absolute atomic E-state index is 0.000313. The molecule has 29 heavy (non-hydrogen) atoms. The number of benzene rings is 2. The average Bonchev–Trinajstić information content (AvgIpc) is 2.70. The highest BCUT2D eigenvalue weighted by molar-refractivity contribution is 7.89. The molecule has 0 amide bonds. The van der Waals surface area contributed by atoms with E-state index in [4.69, 9.17) is 0 Å². The summed E-state index contributed by atoms with van der Waals surface area (Å²) in [6.45, 7) is 2.90. The molecule has 0 aromatic heterocycles. The predicted molar refractivity (Wildman–Crippen MR) is 113 cm³/mol. The van der Waals surface area contributed by atoms with Crippen LogP contribution in [-0.2, 0) is 10.0 Å². The fourth-order valence-electron chi connectivity index (χ4n) is 3.64. The molecule has 1 aliphatic rings. The Hall–Kier alpha value is -2.09. The van der Waals surface area contributed by atoms with Crippen LogP contribution in [0.2, 0.25) is 0 Å².